The van der Waals surface area contributed by atoms with E-state index in [1.54, 1.807) is 20.1 Å². The summed E-state index contributed by atoms with van der Waals surface area (Å²) in [6.07, 6.45) is 5.15. The standard InChI is InChI=1S/C19H26O5/c1-4-7-15-9-10-17(18(12-15)21-3)24-19(20)14(2)23-13-16-8-5-6-11-22-16/h4,9-10,12,14,16H,1,5-8,11,13H2,2-3H3. The van der Waals surface area contributed by atoms with Crippen LogP contribution in [-0.2, 0) is 20.7 Å². The fourth-order valence-corrected chi connectivity index (χ4v) is 2.54. The Morgan fingerprint density at radius 1 is 1.42 bits per heavy atom. The SMILES string of the molecule is C=CCc1ccc(OC(=O)C(C)OCC2CCCCO2)c(OC)c1. The van der Waals surface area contributed by atoms with E-state index in [2.05, 4.69) is 6.58 Å². The molecule has 0 N–H and O–H groups in total. The Morgan fingerprint density at radius 3 is 2.92 bits per heavy atom. The average molecular weight is 334 g/mol. The van der Waals surface area contributed by atoms with E-state index in [0.29, 0.717) is 18.1 Å². The third-order valence-corrected chi connectivity index (χ3v) is 3.96. The molecule has 1 aromatic carbocycles. The quantitative estimate of drug-likeness (QED) is 0.415. The summed E-state index contributed by atoms with van der Waals surface area (Å²) in [7, 11) is 1.55. The molecular weight excluding hydrogens is 308 g/mol. The Bertz CT molecular complexity index is 549. The lowest BCUT2D eigenvalue weighted by molar-refractivity contribution is -0.149. The Kier molecular flexibility index (Phi) is 7.28. The van der Waals surface area contributed by atoms with Crippen LogP contribution in [0.5, 0.6) is 11.5 Å². The smallest absolute Gasteiger partial charge is 0.340 e. The molecule has 0 amide bonds. The third kappa shape index (κ3) is 5.35. The van der Waals surface area contributed by atoms with Gasteiger partial charge in [0.05, 0.1) is 19.8 Å². The Labute approximate surface area is 143 Å². The molecular formula is C19H26O5. The molecule has 1 fully saturated rings. The molecule has 0 aromatic heterocycles. The Balaban J connectivity index is 1.89. The number of esters is 1. The van der Waals surface area contributed by atoms with Gasteiger partial charge in [-0.05, 0) is 50.3 Å². The van der Waals surface area contributed by atoms with Crippen LogP contribution in [0.25, 0.3) is 0 Å². The van der Waals surface area contributed by atoms with Gasteiger partial charge in [0.25, 0.3) is 0 Å². The van der Waals surface area contributed by atoms with Crippen molar-refractivity contribution in [3.63, 3.8) is 0 Å². The maximum absolute atomic E-state index is 12.2. The van der Waals surface area contributed by atoms with Crippen LogP contribution < -0.4 is 9.47 Å². The lowest BCUT2D eigenvalue weighted by atomic mass is 10.1. The fraction of sp³-hybridized carbons (Fsp3) is 0.526. The van der Waals surface area contributed by atoms with E-state index in [4.69, 9.17) is 18.9 Å². The average Bonchev–Trinajstić information content (AvgIpc) is 2.62. The second-order valence-electron chi connectivity index (χ2n) is 5.86. The van der Waals surface area contributed by atoms with E-state index >= 15 is 0 Å². The topological polar surface area (TPSA) is 54.0 Å². The second-order valence-corrected chi connectivity index (χ2v) is 5.86. The van der Waals surface area contributed by atoms with Crippen LogP contribution in [0.4, 0.5) is 0 Å². The molecule has 5 heteroatoms. The summed E-state index contributed by atoms with van der Waals surface area (Å²) in [6.45, 7) is 6.57. The van der Waals surface area contributed by atoms with Crippen molar-refractivity contribution in [1.29, 1.82) is 0 Å². The molecule has 0 radical (unpaired) electrons. The molecule has 1 aliphatic rings. The van der Waals surface area contributed by atoms with E-state index < -0.39 is 12.1 Å². The van der Waals surface area contributed by atoms with Crippen LogP contribution in [-0.4, -0.2) is 38.5 Å². The third-order valence-electron chi connectivity index (χ3n) is 3.96. The zero-order valence-corrected chi connectivity index (χ0v) is 14.5. The van der Waals surface area contributed by atoms with Crippen LogP contribution in [0.3, 0.4) is 0 Å². The van der Waals surface area contributed by atoms with Crippen LogP contribution in [0.1, 0.15) is 31.7 Å². The lowest BCUT2D eigenvalue weighted by Gasteiger charge is -2.23. The summed E-state index contributed by atoms with van der Waals surface area (Å²) in [5.41, 5.74) is 1.04. The van der Waals surface area contributed by atoms with E-state index in [1.807, 2.05) is 18.2 Å². The maximum Gasteiger partial charge on any atom is 0.340 e. The molecule has 5 nitrogen and oxygen atoms in total. The predicted molar refractivity (Wildman–Crippen MR) is 91.5 cm³/mol. The second kappa shape index (κ2) is 9.45. The van der Waals surface area contributed by atoms with Crippen molar-refractivity contribution in [2.45, 2.75) is 44.8 Å². The molecule has 0 saturated carbocycles. The highest BCUT2D eigenvalue weighted by atomic mass is 16.6. The first-order chi connectivity index (χ1) is 11.6. The van der Waals surface area contributed by atoms with Crippen molar-refractivity contribution >= 4 is 5.97 Å². The van der Waals surface area contributed by atoms with E-state index in [-0.39, 0.29) is 6.10 Å². The Morgan fingerprint density at radius 2 is 2.25 bits per heavy atom. The molecule has 1 saturated heterocycles. The zero-order chi connectivity index (χ0) is 17.4. The van der Waals surface area contributed by atoms with Gasteiger partial charge in [0.1, 0.15) is 0 Å². The highest BCUT2D eigenvalue weighted by Gasteiger charge is 2.21. The number of carbonyl (C=O) groups excluding carboxylic acids is 1. The number of ether oxygens (including phenoxy) is 4. The monoisotopic (exact) mass is 334 g/mol. The van der Waals surface area contributed by atoms with Gasteiger partial charge in [-0.25, -0.2) is 4.79 Å². The summed E-state index contributed by atoms with van der Waals surface area (Å²) in [5.74, 6) is 0.464. The van der Waals surface area contributed by atoms with Gasteiger partial charge in [-0.2, -0.15) is 0 Å². The molecule has 132 valence electrons. The van der Waals surface area contributed by atoms with Gasteiger partial charge < -0.3 is 18.9 Å². The van der Waals surface area contributed by atoms with Gasteiger partial charge >= 0.3 is 5.97 Å². The number of hydrogen-bond acceptors (Lipinski definition) is 5. The fourth-order valence-electron chi connectivity index (χ4n) is 2.54. The molecule has 2 rings (SSSR count). The molecule has 24 heavy (non-hydrogen) atoms. The van der Waals surface area contributed by atoms with Crippen LogP contribution >= 0.6 is 0 Å². The molecule has 1 aliphatic heterocycles. The normalized spacial score (nSPS) is 18.7. The van der Waals surface area contributed by atoms with Gasteiger partial charge in [0.2, 0.25) is 0 Å². The first kappa shape index (κ1) is 18.5. The minimum atomic E-state index is -0.659. The first-order valence-corrected chi connectivity index (χ1v) is 8.36. The number of hydrogen-bond donors (Lipinski definition) is 0. The van der Waals surface area contributed by atoms with E-state index in [0.717, 1.165) is 37.9 Å². The number of carbonyl (C=O) groups is 1. The number of benzene rings is 1. The van der Waals surface area contributed by atoms with Gasteiger partial charge in [-0.3, -0.25) is 0 Å². The summed E-state index contributed by atoms with van der Waals surface area (Å²) < 4.78 is 21.9. The molecule has 0 bridgehead atoms. The van der Waals surface area contributed by atoms with Crippen LogP contribution in [0.15, 0.2) is 30.9 Å². The van der Waals surface area contributed by atoms with Crippen molar-refractivity contribution in [3.8, 4) is 11.5 Å². The van der Waals surface area contributed by atoms with Crippen LogP contribution in [0.2, 0.25) is 0 Å². The summed E-state index contributed by atoms with van der Waals surface area (Å²) in [4.78, 5) is 12.2. The minimum Gasteiger partial charge on any atom is -0.493 e. The molecule has 1 heterocycles. The van der Waals surface area contributed by atoms with Crippen molar-refractivity contribution < 1.29 is 23.7 Å². The van der Waals surface area contributed by atoms with Gasteiger partial charge in [0.15, 0.2) is 17.6 Å². The largest absolute Gasteiger partial charge is 0.493 e. The molecule has 2 unspecified atom stereocenters. The van der Waals surface area contributed by atoms with Crippen LogP contribution in [0, 0.1) is 0 Å². The highest BCUT2D eigenvalue weighted by molar-refractivity contribution is 5.77. The molecule has 2 atom stereocenters. The Hall–Kier alpha value is -1.85. The number of methoxy groups -OCH3 is 1. The summed E-state index contributed by atoms with van der Waals surface area (Å²) in [6, 6.07) is 5.45. The predicted octanol–water partition coefficient (Wildman–Crippen LogP) is 3.30. The maximum atomic E-state index is 12.2. The lowest BCUT2D eigenvalue weighted by Crippen LogP contribution is -2.31. The zero-order valence-electron chi connectivity index (χ0n) is 14.5. The van der Waals surface area contributed by atoms with Crippen molar-refractivity contribution in [2.75, 3.05) is 20.3 Å². The first-order valence-electron chi connectivity index (χ1n) is 8.36. The van der Waals surface area contributed by atoms with Gasteiger partial charge in [0, 0.05) is 6.61 Å². The van der Waals surface area contributed by atoms with Gasteiger partial charge in [-0.15, -0.1) is 6.58 Å². The number of allylic oxidation sites excluding steroid dienone is 1. The summed E-state index contributed by atoms with van der Waals surface area (Å²) >= 11 is 0. The molecule has 0 spiro atoms. The summed E-state index contributed by atoms with van der Waals surface area (Å²) in [5, 5.41) is 0. The highest BCUT2D eigenvalue weighted by Crippen LogP contribution is 2.29. The van der Waals surface area contributed by atoms with E-state index in [1.165, 1.54) is 0 Å². The van der Waals surface area contributed by atoms with Crippen molar-refractivity contribution in [1.82, 2.24) is 0 Å². The van der Waals surface area contributed by atoms with Gasteiger partial charge in [-0.1, -0.05) is 12.1 Å². The number of rotatable bonds is 8. The van der Waals surface area contributed by atoms with Crippen molar-refractivity contribution in [2.24, 2.45) is 0 Å². The molecule has 0 aliphatic carbocycles. The molecule has 1 aromatic rings. The van der Waals surface area contributed by atoms with Crippen molar-refractivity contribution in [3.05, 3.63) is 36.4 Å². The van der Waals surface area contributed by atoms with E-state index in [9.17, 15) is 4.79 Å². The minimum absolute atomic E-state index is 0.0710.